The van der Waals surface area contributed by atoms with Crippen LogP contribution in [0.1, 0.15) is 23.0 Å². The number of nitrogens with zero attached hydrogens (tertiary/aromatic N) is 4. The summed E-state index contributed by atoms with van der Waals surface area (Å²) in [6, 6.07) is 18.6. The van der Waals surface area contributed by atoms with Crippen LogP contribution >= 0.6 is 23.4 Å². The van der Waals surface area contributed by atoms with Gasteiger partial charge in [0, 0.05) is 11.4 Å². The summed E-state index contributed by atoms with van der Waals surface area (Å²) in [5.74, 6) is 2.11. The van der Waals surface area contributed by atoms with Crippen molar-refractivity contribution in [3.05, 3.63) is 105 Å². The number of hydrogen-bond acceptors (Lipinski definition) is 7. The third kappa shape index (κ3) is 4.46. The summed E-state index contributed by atoms with van der Waals surface area (Å²) < 4.78 is 12.4. The lowest BCUT2D eigenvalue weighted by Gasteiger charge is -2.11. The maximum Gasteiger partial charge on any atom is 0.262 e. The molecule has 0 saturated carbocycles. The fourth-order valence-corrected chi connectivity index (χ4v) is 4.31. The Bertz CT molecular complexity index is 1410. The zero-order valence-corrected chi connectivity index (χ0v) is 18.3. The van der Waals surface area contributed by atoms with Crippen LogP contribution < -0.4 is 5.56 Å². The van der Waals surface area contributed by atoms with Crippen LogP contribution in [0.5, 0.6) is 0 Å². The first-order valence-corrected chi connectivity index (χ1v) is 11.2. The maximum atomic E-state index is 13.2. The SMILES string of the molecule is O=c1c2ccc(Cl)cc2nc(SCc2nc(Cc3ccccc3)no2)n1Cc1ccco1. The van der Waals surface area contributed by atoms with E-state index in [1.54, 1.807) is 35.1 Å². The van der Waals surface area contributed by atoms with Crippen molar-refractivity contribution < 1.29 is 8.94 Å². The molecule has 0 fully saturated rings. The van der Waals surface area contributed by atoms with Gasteiger partial charge in [-0.05, 0) is 35.9 Å². The molecule has 0 aliphatic carbocycles. The first-order valence-electron chi connectivity index (χ1n) is 9.86. The summed E-state index contributed by atoms with van der Waals surface area (Å²) in [6.45, 7) is 0.267. The third-order valence-corrected chi connectivity index (χ3v) is 6.01. The topological polar surface area (TPSA) is 87.0 Å². The predicted octanol–water partition coefficient (Wildman–Crippen LogP) is 4.96. The van der Waals surface area contributed by atoms with E-state index in [0.717, 1.165) is 5.56 Å². The molecule has 3 heterocycles. The van der Waals surface area contributed by atoms with Crippen LogP contribution in [0.15, 0.2) is 85.8 Å². The second-order valence-corrected chi connectivity index (χ2v) is 8.46. The molecule has 5 aromatic rings. The van der Waals surface area contributed by atoms with Gasteiger partial charge in [-0.1, -0.05) is 58.9 Å². The highest BCUT2D eigenvalue weighted by atomic mass is 35.5. The predicted molar refractivity (Wildman–Crippen MR) is 122 cm³/mol. The Morgan fingerprint density at radius 1 is 1.03 bits per heavy atom. The van der Waals surface area contributed by atoms with Gasteiger partial charge in [-0.2, -0.15) is 4.98 Å². The van der Waals surface area contributed by atoms with Crippen LogP contribution in [-0.4, -0.2) is 19.7 Å². The van der Waals surface area contributed by atoms with Crippen molar-refractivity contribution in [2.24, 2.45) is 0 Å². The molecule has 0 atom stereocenters. The zero-order valence-electron chi connectivity index (χ0n) is 16.8. The molecular formula is C23H17ClN4O3S. The molecule has 0 amide bonds. The van der Waals surface area contributed by atoms with Crippen LogP contribution in [0, 0.1) is 0 Å². The zero-order chi connectivity index (χ0) is 21.9. The summed E-state index contributed by atoms with van der Waals surface area (Å²) in [6.07, 6.45) is 2.17. The lowest BCUT2D eigenvalue weighted by Crippen LogP contribution is -2.23. The van der Waals surface area contributed by atoms with Gasteiger partial charge < -0.3 is 8.94 Å². The Balaban J connectivity index is 1.42. The third-order valence-electron chi connectivity index (χ3n) is 4.82. The number of furan rings is 1. The molecule has 0 saturated heterocycles. The maximum absolute atomic E-state index is 13.2. The molecule has 0 aliphatic rings. The van der Waals surface area contributed by atoms with Crippen LogP contribution in [-0.2, 0) is 18.7 Å². The number of rotatable bonds is 7. The molecule has 160 valence electrons. The normalized spacial score (nSPS) is 11.3. The minimum absolute atomic E-state index is 0.166. The van der Waals surface area contributed by atoms with Crippen LogP contribution in [0.2, 0.25) is 5.02 Å². The molecule has 3 aromatic heterocycles. The van der Waals surface area contributed by atoms with Crippen molar-refractivity contribution in [2.75, 3.05) is 0 Å². The quantitative estimate of drug-likeness (QED) is 0.248. The fraction of sp³-hybridized carbons (Fsp3) is 0.130. The van der Waals surface area contributed by atoms with Crippen molar-refractivity contribution in [1.82, 2.24) is 19.7 Å². The molecule has 32 heavy (non-hydrogen) atoms. The second kappa shape index (κ2) is 9.02. The number of halogens is 1. The molecule has 0 aliphatic heterocycles. The van der Waals surface area contributed by atoms with E-state index in [2.05, 4.69) is 15.1 Å². The van der Waals surface area contributed by atoms with Crippen LogP contribution in [0.25, 0.3) is 10.9 Å². The van der Waals surface area contributed by atoms with E-state index in [0.29, 0.717) is 50.7 Å². The van der Waals surface area contributed by atoms with Crippen LogP contribution in [0.4, 0.5) is 0 Å². The van der Waals surface area contributed by atoms with Gasteiger partial charge in [0.15, 0.2) is 11.0 Å². The summed E-state index contributed by atoms with van der Waals surface area (Å²) >= 11 is 7.46. The van der Waals surface area contributed by atoms with Gasteiger partial charge in [0.05, 0.1) is 29.5 Å². The first-order chi connectivity index (χ1) is 15.7. The van der Waals surface area contributed by atoms with E-state index >= 15 is 0 Å². The number of benzene rings is 2. The van der Waals surface area contributed by atoms with Crippen LogP contribution in [0.3, 0.4) is 0 Å². The van der Waals surface area contributed by atoms with E-state index in [1.807, 2.05) is 36.4 Å². The Morgan fingerprint density at radius 2 is 1.91 bits per heavy atom. The Morgan fingerprint density at radius 3 is 2.72 bits per heavy atom. The van der Waals surface area contributed by atoms with Crippen molar-refractivity contribution in [3.63, 3.8) is 0 Å². The fourth-order valence-electron chi connectivity index (χ4n) is 3.31. The number of aromatic nitrogens is 4. The molecule has 5 rings (SSSR count). The lowest BCUT2D eigenvalue weighted by molar-refractivity contribution is 0.385. The Hall–Kier alpha value is -3.36. The van der Waals surface area contributed by atoms with E-state index < -0.39 is 0 Å². The number of fused-ring (bicyclic) bond motifs is 1. The van der Waals surface area contributed by atoms with Crippen molar-refractivity contribution in [1.29, 1.82) is 0 Å². The van der Waals surface area contributed by atoms with Gasteiger partial charge in [0.2, 0.25) is 5.89 Å². The second-order valence-electron chi connectivity index (χ2n) is 7.08. The average molecular weight is 465 g/mol. The molecule has 9 heteroatoms. The highest BCUT2D eigenvalue weighted by molar-refractivity contribution is 7.98. The van der Waals surface area contributed by atoms with Gasteiger partial charge in [0.1, 0.15) is 5.76 Å². The summed E-state index contributed by atoms with van der Waals surface area (Å²) in [7, 11) is 0. The molecule has 0 unspecified atom stereocenters. The van der Waals surface area contributed by atoms with E-state index in [-0.39, 0.29) is 12.1 Å². The van der Waals surface area contributed by atoms with Crippen molar-refractivity contribution >= 4 is 34.3 Å². The molecule has 7 nitrogen and oxygen atoms in total. The summed E-state index contributed by atoms with van der Waals surface area (Å²) in [5, 5.41) is 5.60. The van der Waals surface area contributed by atoms with Gasteiger partial charge >= 0.3 is 0 Å². The molecular weight excluding hydrogens is 448 g/mol. The molecule has 2 aromatic carbocycles. The van der Waals surface area contributed by atoms with E-state index in [1.165, 1.54) is 11.8 Å². The van der Waals surface area contributed by atoms with Crippen molar-refractivity contribution in [3.8, 4) is 0 Å². The number of thioether (sulfide) groups is 1. The minimum atomic E-state index is -0.166. The molecule has 0 N–H and O–H groups in total. The van der Waals surface area contributed by atoms with E-state index in [9.17, 15) is 4.79 Å². The largest absolute Gasteiger partial charge is 0.467 e. The molecule has 0 radical (unpaired) electrons. The van der Waals surface area contributed by atoms with Gasteiger partial charge in [-0.25, -0.2) is 4.98 Å². The highest BCUT2D eigenvalue weighted by Crippen LogP contribution is 2.24. The number of hydrogen-bond donors (Lipinski definition) is 0. The smallest absolute Gasteiger partial charge is 0.262 e. The Kier molecular flexibility index (Phi) is 5.79. The van der Waals surface area contributed by atoms with Gasteiger partial charge in [-0.15, -0.1) is 0 Å². The molecule has 0 spiro atoms. The Labute approximate surface area is 192 Å². The molecule has 0 bridgehead atoms. The summed E-state index contributed by atoms with van der Waals surface area (Å²) in [4.78, 5) is 22.3. The highest BCUT2D eigenvalue weighted by Gasteiger charge is 2.16. The monoisotopic (exact) mass is 464 g/mol. The van der Waals surface area contributed by atoms with Gasteiger partial charge in [-0.3, -0.25) is 9.36 Å². The first kappa shape index (κ1) is 20.5. The van der Waals surface area contributed by atoms with Gasteiger partial charge in [0.25, 0.3) is 5.56 Å². The van der Waals surface area contributed by atoms with E-state index in [4.69, 9.17) is 20.5 Å². The minimum Gasteiger partial charge on any atom is -0.467 e. The average Bonchev–Trinajstić information content (AvgIpc) is 3.47. The van der Waals surface area contributed by atoms with Crippen molar-refractivity contribution in [2.45, 2.75) is 23.9 Å². The summed E-state index contributed by atoms with van der Waals surface area (Å²) in [5.41, 5.74) is 1.48. The lowest BCUT2D eigenvalue weighted by atomic mass is 10.1. The standard InChI is InChI=1S/C23H17ClN4O3S/c24-16-8-9-18-19(12-16)25-23(28(22(18)29)13-17-7-4-10-30-17)32-14-21-26-20(27-31-21)11-15-5-2-1-3-6-15/h1-10,12H,11,13-14H2.